The molecule has 0 spiro atoms. The van der Waals surface area contributed by atoms with Gasteiger partial charge >= 0.3 is 0 Å². The smallest absolute Gasteiger partial charge is 0.254 e. The number of nitrogens with zero attached hydrogens (tertiary/aromatic N) is 4. The highest BCUT2D eigenvalue weighted by atomic mass is 16.2. The number of benzene rings is 1. The fourth-order valence-electron chi connectivity index (χ4n) is 4.29. The summed E-state index contributed by atoms with van der Waals surface area (Å²) in [6, 6.07) is 5.95. The summed E-state index contributed by atoms with van der Waals surface area (Å²) in [6.07, 6.45) is 6.53. The number of amides is 1. The van der Waals surface area contributed by atoms with Crippen LogP contribution in [-0.2, 0) is 12.8 Å². The average Bonchev–Trinajstić information content (AvgIpc) is 3.38. The number of H-pyrrole nitrogens is 2. The molecule has 0 bridgehead atoms. The second kappa shape index (κ2) is 5.68. The second-order valence-corrected chi connectivity index (χ2v) is 6.98. The van der Waals surface area contributed by atoms with Crippen LogP contribution in [0.2, 0.25) is 0 Å². The molecule has 3 aromatic rings. The van der Waals surface area contributed by atoms with E-state index in [1.165, 1.54) is 29.5 Å². The van der Waals surface area contributed by atoms with Crippen LogP contribution in [0.25, 0.3) is 10.9 Å². The van der Waals surface area contributed by atoms with Gasteiger partial charge in [0.1, 0.15) is 0 Å². The SMILES string of the molecule is O=C(c1ccc2[nH]c3c(c2c1)CCCC3)N1CCC[C@H]1c1nn[nH]n1. The lowest BCUT2D eigenvalue weighted by molar-refractivity contribution is 0.0730. The molecule has 1 saturated heterocycles. The third kappa shape index (κ3) is 2.33. The number of fused-ring (bicyclic) bond motifs is 3. The molecule has 2 aromatic heterocycles. The summed E-state index contributed by atoms with van der Waals surface area (Å²) in [5, 5.41) is 15.5. The van der Waals surface area contributed by atoms with Gasteiger partial charge in [-0.15, -0.1) is 10.2 Å². The molecule has 5 rings (SSSR count). The summed E-state index contributed by atoms with van der Waals surface area (Å²) >= 11 is 0. The number of carbonyl (C=O) groups is 1. The molecule has 1 fully saturated rings. The molecule has 25 heavy (non-hydrogen) atoms. The quantitative estimate of drug-likeness (QED) is 0.752. The lowest BCUT2D eigenvalue weighted by Gasteiger charge is -2.22. The number of nitrogens with one attached hydrogen (secondary N) is 2. The van der Waals surface area contributed by atoms with Crippen LogP contribution in [0, 0.1) is 0 Å². The maximum Gasteiger partial charge on any atom is 0.254 e. The van der Waals surface area contributed by atoms with Crippen LogP contribution in [-0.4, -0.2) is 43.0 Å². The molecule has 128 valence electrons. The van der Waals surface area contributed by atoms with Gasteiger partial charge in [0.15, 0.2) is 5.82 Å². The van der Waals surface area contributed by atoms with Crippen LogP contribution in [0.3, 0.4) is 0 Å². The van der Waals surface area contributed by atoms with Gasteiger partial charge in [0.2, 0.25) is 0 Å². The van der Waals surface area contributed by atoms with Crippen molar-refractivity contribution < 1.29 is 4.79 Å². The fourth-order valence-corrected chi connectivity index (χ4v) is 4.29. The lowest BCUT2D eigenvalue weighted by atomic mass is 9.95. The molecule has 1 aromatic carbocycles. The molecule has 2 aliphatic rings. The first kappa shape index (κ1) is 14.6. The Kier molecular flexibility index (Phi) is 3.33. The highest BCUT2D eigenvalue weighted by Crippen LogP contribution is 2.33. The standard InChI is InChI=1S/C18H20N6O/c25-18(24-9-3-6-16(24)17-20-22-23-21-17)11-7-8-15-13(10-11)12-4-1-2-5-14(12)19-15/h7-8,10,16,19H,1-6,9H2,(H,20,21,22,23)/t16-/m0/s1. The zero-order chi connectivity index (χ0) is 16.8. The van der Waals surface area contributed by atoms with E-state index in [2.05, 4.69) is 31.7 Å². The minimum atomic E-state index is -0.0814. The van der Waals surface area contributed by atoms with Crippen molar-refractivity contribution in [1.29, 1.82) is 0 Å². The minimum absolute atomic E-state index is 0.0555. The van der Waals surface area contributed by atoms with Gasteiger partial charge in [-0.3, -0.25) is 4.79 Å². The number of hydrogen-bond acceptors (Lipinski definition) is 4. The molecule has 7 nitrogen and oxygen atoms in total. The van der Waals surface area contributed by atoms with E-state index >= 15 is 0 Å². The number of carbonyl (C=O) groups excluding carboxylic acids is 1. The Morgan fingerprint density at radius 2 is 2.12 bits per heavy atom. The van der Waals surface area contributed by atoms with Crippen molar-refractivity contribution in [2.75, 3.05) is 6.54 Å². The summed E-state index contributed by atoms with van der Waals surface area (Å²) in [7, 11) is 0. The fraction of sp³-hybridized carbons (Fsp3) is 0.444. The van der Waals surface area contributed by atoms with E-state index in [0.29, 0.717) is 5.82 Å². The first-order chi connectivity index (χ1) is 12.3. The predicted molar refractivity (Wildman–Crippen MR) is 92.1 cm³/mol. The van der Waals surface area contributed by atoms with E-state index in [4.69, 9.17) is 0 Å². The largest absolute Gasteiger partial charge is 0.358 e. The van der Waals surface area contributed by atoms with Crippen LogP contribution < -0.4 is 0 Å². The Bertz CT molecular complexity index is 929. The van der Waals surface area contributed by atoms with Crippen LogP contribution in [0.5, 0.6) is 0 Å². The Labute approximate surface area is 144 Å². The summed E-state index contributed by atoms with van der Waals surface area (Å²) < 4.78 is 0. The number of aromatic nitrogens is 5. The van der Waals surface area contributed by atoms with Gasteiger partial charge in [0, 0.05) is 28.7 Å². The molecule has 1 atom stereocenters. The average molecular weight is 336 g/mol. The van der Waals surface area contributed by atoms with E-state index < -0.39 is 0 Å². The number of hydrogen-bond donors (Lipinski definition) is 2. The van der Waals surface area contributed by atoms with Gasteiger partial charge in [-0.2, -0.15) is 5.21 Å². The van der Waals surface area contributed by atoms with E-state index in [1.807, 2.05) is 17.0 Å². The Morgan fingerprint density at radius 1 is 1.20 bits per heavy atom. The minimum Gasteiger partial charge on any atom is -0.358 e. The van der Waals surface area contributed by atoms with Crippen molar-refractivity contribution in [3.63, 3.8) is 0 Å². The van der Waals surface area contributed by atoms with Crippen molar-refractivity contribution in [2.45, 2.75) is 44.6 Å². The van der Waals surface area contributed by atoms with E-state index in [-0.39, 0.29) is 11.9 Å². The first-order valence-corrected chi connectivity index (χ1v) is 8.99. The van der Waals surface area contributed by atoms with Gasteiger partial charge in [0.25, 0.3) is 5.91 Å². The molecule has 0 unspecified atom stereocenters. The lowest BCUT2D eigenvalue weighted by Crippen LogP contribution is -2.31. The van der Waals surface area contributed by atoms with Crippen molar-refractivity contribution >= 4 is 16.8 Å². The zero-order valence-corrected chi connectivity index (χ0v) is 14.0. The van der Waals surface area contributed by atoms with Crippen molar-refractivity contribution in [2.24, 2.45) is 0 Å². The summed E-state index contributed by atoms with van der Waals surface area (Å²) in [6.45, 7) is 0.737. The van der Waals surface area contributed by atoms with E-state index in [0.717, 1.165) is 43.3 Å². The number of rotatable bonds is 2. The summed E-state index contributed by atoms with van der Waals surface area (Å²) in [4.78, 5) is 18.5. The van der Waals surface area contributed by atoms with Crippen LogP contribution >= 0.6 is 0 Å². The topological polar surface area (TPSA) is 90.6 Å². The third-order valence-electron chi connectivity index (χ3n) is 5.52. The molecule has 0 saturated carbocycles. The Balaban J connectivity index is 1.51. The van der Waals surface area contributed by atoms with Gasteiger partial charge in [0.05, 0.1) is 6.04 Å². The van der Waals surface area contributed by atoms with Crippen molar-refractivity contribution in [3.8, 4) is 0 Å². The van der Waals surface area contributed by atoms with E-state index in [9.17, 15) is 4.79 Å². The maximum absolute atomic E-state index is 13.1. The summed E-state index contributed by atoms with van der Waals surface area (Å²) in [5.74, 6) is 0.658. The van der Waals surface area contributed by atoms with Crippen LogP contribution in [0.4, 0.5) is 0 Å². The van der Waals surface area contributed by atoms with E-state index in [1.54, 1.807) is 0 Å². The molecule has 1 aliphatic carbocycles. The third-order valence-corrected chi connectivity index (χ3v) is 5.52. The predicted octanol–water partition coefficient (Wildman–Crippen LogP) is 2.54. The highest BCUT2D eigenvalue weighted by molar-refractivity contribution is 5.99. The zero-order valence-electron chi connectivity index (χ0n) is 14.0. The molecule has 3 heterocycles. The highest BCUT2D eigenvalue weighted by Gasteiger charge is 2.33. The van der Waals surface area contributed by atoms with Gasteiger partial charge in [-0.25, -0.2) is 0 Å². The Hall–Kier alpha value is -2.70. The molecule has 7 heteroatoms. The molecule has 0 radical (unpaired) electrons. The molecular weight excluding hydrogens is 316 g/mol. The van der Waals surface area contributed by atoms with Gasteiger partial charge < -0.3 is 9.88 Å². The number of likely N-dealkylation sites (tertiary alicyclic amines) is 1. The van der Waals surface area contributed by atoms with Crippen molar-refractivity contribution in [1.82, 2.24) is 30.5 Å². The molecule has 2 N–H and O–H groups in total. The molecule has 1 amide bonds. The number of aromatic amines is 2. The Morgan fingerprint density at radius 3 is 3.00 bits per heavy atom. The van der Waals surface area contributed by atoms with Gasteiger partial charge in [-0.1, -0.05) is 5.21 Å². The van der Waals surface area contributed by atoms with Crippen LogP contribution in [0.15, 0.2) is 18.2 Å². The van der Waals surface area contributed by atoms with Crippen LogP contribution in [0.1, 0.15) is 59.2 Å². The molecule has 1 aliphatic heterocycles. The summed E-state index contributed by atoms with van der Waals surface area (Å²) in [5.41, 5.74) is 4.62. The molecular formula is C18H20N6O. The normalized spacial score (nSPS) is 20.2. The van der Waals surface area contributed by atoms with Gasteiger partial charge in [-0.05, 0) is 62.3 Å². The number of tetrazole rings is 1. The monoisotopic (exact) mass is 336 g/mol. The van der Waals surface area contributed by atoms with Crippen molar-refractivity contribution in [3.05, 3.63) is 40.8 Å². The first-order valence-electron chi connectivity index (χ1n) is 8.99. The second-order valence-electron chi connectivity index (χ2n) is 6.98. The number of aryl methyl sites for hydroxylation is 2. The maximum atomic E-state index is 13.1.